The fraction of sp³-hybridized carbons (Fsp3) is 0.0909. The Morgan fingerprint density at radius 3 is 2.65 bits per heavy atom. The van der Waals surface area contributed by atoms with Crippen LogP contribution in [0.5, 0.6) is 0 Å². The van der Waals surface area contributed by atoms with Gasteiger partial charge in [0.2, 0.25) is 4.80 Å². The summed E-state index contributed by atoms with van der Waals surface area (Å²) in [6.07, 6.45) is 1.70. The van der Waals surface area contributed by atoms with Gasteiger partial charge in [-0.1, -0.05) is 28.1 Å². The Labute approximate surface area is 111 Å². The monoisotopic (exact) mass is 310 g/mol. The maximum absolute atomic E-state index is 5.76. The van der Waals surface area contributed by atoms with Gasteiger partial charge in [-0.15, -0.1) is 16.4 Å². The van der Waals surface area contributed by atoms with Crippen LogP contribution >= 0.6 is 27.3 Å². The third-order valence-corrected chi connectivity index (χ3v) is 3.62. The van der Waals surface area contributed by atoms with E-state index in [4.69, 9.17) is 5.84 Å². The van der Waals surface area contributed by atoms with Crippen LogP contribution in [0.1, 0.15) is 11.3 Å². The van der Waals surface area contributed by atoms with Gasteiger partial charge < -0.3 is 5.84 Å². The normalized spacial score (nSPS) is 12.5. The Hall–Kier alpha value is -1.40. The highest BCUT2D eigenvalue weighted by Crippen LogP contribution is 2.08. The molecule has 0 aliphatic carbocycles. The number of aromatic nitrogens is 1. The van der Waals surface area contributed by atoms with Crippen molar-refractivity contribution in [2.45, 2.75) is 6.92 Å². The van der Waals surface area contributed by atoms with Crippen LogP contribution in [0.4, 0.5) is 0 Å². The minimum absolute atomic E-state index is 0.677. The Kier molecular flexibility index (Phi) is 3.75. The molecule has 0 saturated carbocycles. The number of hydrogen-bond acceptors (Lipinski definition) is 4. The van der Waals surface area contributed by atoms with Crippen molar-refractivity contribution in [2.75, 3.05) is 5.84 Å². The number of nitrogens with two attached hydrogens (primary N) is 1. The van der Waals surface area contributed by atoms with Gasteiger partial charge in [0.25, 0.3) is 0 Å². The summed E-state index contributed by atoms with van der Waals surface area (Å²) in [4.78, 5) is 0.677. The molecule has 0 aliphatic rings. The van der Waals surface area contributed by atoms with Crippen LogP contribution in [0, 0.1) is 6.92 Å². The van der Waals surface area contributed by atoms with Gasteiger partial charge in [0.1, 0.15) is 0 Å². The van der Waals surface area contributed by atoms with E-state index in [0.717, 1.165) is 15.7 Å². The van der Waals surface area contributed by atoms with E-state index in [9.17, 15) is 0 Å². The molecule has 4 nitrogen and oxygen atoms in total. The molecule has 0 amide bonds. The van der Waals surface area contributed by atoms with E-state index in [1.165, 1.54) is 16.0 Å². The molecule has 2 rings (SSSR count). The molecule has 0 spiro atoms. The quantitative estimate of drug-likeness (QED) is 0.516. The van der Waals surface area contributed by atoms with E-state index in [-0.39, 0.29) is 0 Å². The fourth-order valence-corrected chi connectivity index (χ4v) is 2.17. The van der Waals surface area contributed by atoms with Crippen LogP contribution in [0.15, 0.2) is 44.3 Å². The zero-order chi connectivity index (χ0) is 12.3. The number of benzene rings is 1. The van der Waals surface area contributed by atoms with Crippen LogP contribution in [0.2, 0.25) is 0 Å². The number of hydrogen-bond donors (Lipinski definition) is 1. The lowest BCUT2D eigenvalue weighted by molar-refractivity contribution is 0.884. The number of halogens is 1. The predicted molar refractivity (Wildman–Crippen MR) is 74.5 cm³/mol. The van der Waals surface area contributed by atoms with Gasteiger partial charge in [-0.05, 0) is 24.6 Å². The van der Waals surface area contributed by atoms with Crippen molar-refractivity contribution < 1.29 is 0 Å². The zero-order valence-electron chi connectivity index (χ0n) is 9.17. The van der Waals surface area contributed by atoms with Crippen LogP contribution < -0.4 is 10.6 Å². The largest absolute Gasteiger partial charge is 0.337 e. The molecular formula is C11H11BrN4S. The van der Waals surface area contributed by atoms with Crippen LogP contribution in [0.25, 0.3) is 0 Å². The summed E-state index contributed by atoms with van der Waals surface area (Å²) >= 11 is 4.84. The summed E-state index contributed by atoms with van der Waals surface area (Å²) < 4.78 is 2.56. The summed E-state index contributed by atoms with van der Waals surface area (Å²) in [6, 6.07) is 7.83. The molecular weight excluding hydrogens is 300 g/mol. The van der Waals surface area contributed by atoms with Gasteiger partial charge in [0.15, 0.2) is 0 Å². The molecule has 0 aliphatic heterocycles. The Balaban J connectivity index is 2.20. The second-order valence-corrected chi connectivity index (χ2v) is 5.18. The second-order valence-electron chi connectivity index (χ2n) is 3.43. The van der Waals surface area contributed by atoms with Crippen molar-refractivity contribution in [3.05, 3.63) is 50.2 Å². The van der Waals surface area contributed by atoms with Gasteiger partial charge in [0.05, 0.1) is 6.21 Å². The molecule has 0 fully saturated rings. The third-order valence-electron chi connectivity index (χ3n) is 2.14. The van der Waals surface area contributed by atoms with E-state index in [0.29, 0.717) is 4.80 Å². The molecule has 0 saturated heterocycles. The zero-order valence-corrected chi connectivity index (χ0v) is 11.6. The summed E-state index contributed by atoms with van der Waals surface area (Å²) in [6.45, 7) is 1.92. The maximum atomic E-state index is 5.76. The molecule has 0 radical (unpaired) electrons. The number of nitrogens with zero attached hydrogens (tertiary/aromatic N) is 3. The lowest BCUT2D eigenvalue weighted by atomic mass is 10.2. The van der Waals surface area contributed by atoms with Gasteiger partial charge in [-0.3, -0.25) is 0 Å². The highest BCUT2D eigenvalue weighted by molar-refractivity contribution is 9.10. The highest BCUT2D eigenvalue weighted by Gasteiger charge is 1.94. The maximum Gasteiger partial charge on any atom is 0.229 e. The molecule has 0 bridgehead atoms. The average molecular weight is 311 g/mol. The molecule has 17 heavy (non-hydrogen) atoms. The van der Waals surface area contributed by atoms with E-state index in [1.807, 2.05) is 36.6 Å². The Morgan fingerprint density at radius 1 is 1.35 bits per heavy atom. The molecule has 88 valence electrons. The predicted octanol–water partition coefficient (Wildman–Crippen LogP) is 2.27. The fourth-order valence-electron chi connectivity index (χ4n) is 1.17. The molecule has 2 N–H and O–H groups in total. The van der Waals surface area contributed by atoms with Crippen molar-refractivity contribution in [1.82, 2.24) is 4.68 Å². The van der Waals surface area contributed by atoms with Gasteiger partial charge in [0, 0.05) is 15.5 Å². The number of rotatable bonds is 2. The van der Waals surface area contributed by atoms with Crippen LogP contribution in [0.3, 0.4) is 0 Å². The topological polar surface area (TPSA) is 55.7 Å². The molecule has 1 aromatic heterocycles. The first-order valence-electron chi connectivity index (χ1n) is 4.91. The molecule has 0 atom stereocenters. The van der Waals surface area contributed by atoms with E-state index in [1.54, 1.807) is 6.21 Å². The van der Waals surface area contributed by atoms with Gasteiger partial charge in [-0.25, -0.2) is 4.68 Å². The first-order valence-corrected chi connectivity index (χ1v) is 6.59. The summed E-state index contributed by atoms with van der Waals surface area (Å²) in [5.74, 6) is 5.76. The molecule has 1 heterocycles. The molecule has 6 heteroatoms. The van der Waals surface area contributed by atoms with E-state index in [2.05, 4.69) is 26.1 Å². The number of nitrogen functional groups attached to an aromatic ring is 1. The standard InChI is InChI=1S/C11H11BrN4S/c1-8-7-17-11(16(8)13)15-14-6-9-2-4-10(12)5-3-9/h2-7H,13H2,1H3/b14-6-,15-11+. The van der Waals surface area contributed by atoms with Crippen molar-refractivity contribution in [3.8, 4) is 0 Å². The highest BCUT2D eigenvalue weighted by atomic mass is 79.9. The lowest BCUT2D eigenvalue weighted by Gasteiger charge is -1.93. The average Bonchev–Trinajstić information content (AvgIpc) is 2.64. The van der Waals surface area contributed by atoms with Crippen LogP contribution in [-0.2, 0) is 0 Å². The van der Waals surface area contributed by atoms with Crippen molar-refractivity contribution in [1.29, 1.82) is 0 Å². The van der Waals surface area contributed by atoms with Crippen LogP contribution in [-0.4, -0.2) is 10.9 Å². The number of aryl methyl sites for hydroxylation is 1. The second kappa shape index (κ2) is 5.29. The van der Waals surface area contributed by atoms with E-state index < -0.39 is 0 Å². The van der Waals surface area contributed by atoms with Gasteiger partial charge >= 0.3 is 0 Å². The smallest absolute Gasteiger partial charge is 0.229 e. The minimum Gasteiger partial charge on any atom is -0.337 e. The first-order chi connectivity index (χ1) is 8.16. The molecule has 2 aromatic rings. The van der Waals surface area contributed by atoms with Crippen molar-refractivity contribution in [2.24, 2.45) is 10.2 Å². The van der Waals surface area contributed by atoms with Gasteiger partial charge in [-0.2, -0.15) is 5.10 Å². The SMILES string of the molecule is Cc1cs/c(=N/N=C\c2ccc(Br)cc2)n1N. The summed E-state index contributed by atoms with van der Waals surface area (Å²) in [7, 11) is 0. The Bertz CT molecular complexity index is 595. The van der Waals surface area contributed by atoms with Crippen molar-refractivity contribution in [3.63, 3.8) is 0 Å². The molecule has 1 aromatic carbocycles. The molecule has 0 unspecified atom stereocenters. The first kappa shape index (κ1) is 12.1. The minimum atomic E-state index is 0.677. The summed E-state index contributed by atoms with van der Waals surface area (Å²) in [5, 5.41) is 10.0. The number of thiazole rings is 1. The van der Waals surface area contributed by atoms with Crippen molar-refractivity contribution >= 4 is 33.5 Å². The summed E-state index contributed by atoms with van der Waals surface area (Å²) in [5.41, 5.74) is 1.96. The van der Waals surface area contributed by atoms with E-state index >= 15 is 0 Å². The Morgan fingerprint density at radius 2 is 2.06 bits per heavy atom. The lowest BCUT2D eigenvalue weighted by Crippen LogP contribution is -2.23. The third kappa shape index (κ3) is 3.04.